The van der Waals surface area contributed by atoms with Gasteiger partial charge in [-0.25, -0.2) is 0 Å². The predicted molar refractivity (Wildman–Crippen MR) is 75.5 cm³/mol. The van der Waals surface area contributed by atoms with E-state index in [1.54, 1.807) is 6.42 Å². The average Bonchev–Trinajstić information content (AvgIpc) is 2.78. The maximum Gasteiger partial charge on any atom is 0.0537 e. The molecule has 3 saturated carbocycles. The number of nitrogens with one attached hydrogen (secondary N) is 1. The minimum Gasteiger partial charge on any atom is -0.310 e. The summed E-state index contributed by atoms with van der Waals surface area (Å²) in [5.41, 5.74) is 1.41. The number of hydrogen-bond acceptors (Lipinski definition) is 2. The van der Waals surface area contributed by atoms with Crippen molar-refractivity contribution in [1.82, 2.24) is 15.1 Å². The summed E-state index contributed by atoms with van der Waals surface area (Å²) < 4.78 is 1.95. The van der Waals surface area contributed by atoms with E-state index in [4.69, 9.17) is 0 Å². The van der Waals surface area contributed by atoms with Gasteiger partial charge in [0.25, 0.3) is 0 Å². The SMILES string of the molecule is CCCNC(c1cnn(C)c1)C1C2C3CCC(C3)C21. The molecule has 3 fully saturated rings. The number of fused-ring (bicyclic) bond motifs is 5. The Morgan fingerprint density at radius 1 is 1.37 bits per heavy atom. The van der Waals surface area contributed by atoms with Crippen LogP contribution in [0.3, 0.4) is 0 Å². The van der Waals surface area contributed by atoms with Crippen LogP contribution in [0, 0.1) is 29.6 Å². The first-order valence-electron chi connectivity index (χ1n) is 8.01. The lowest BCUT2D eigenvalue weighted by Crippen LogP contribution is -2.26. The molecule has 2 bridgehead atoms. The molecular formula is C16H25N3. The van der Waals surface area contributed by atoms with Gasteiger partial charge in [-0.05, 0) is 61.8 Å². The molecule has 3 nitrogen and oxygen atoms in total. The van der Waals surface area contributed by atoms with Gasteiger partial charge in [0.1, 0.15) is 0 Å². The van der Waals surface area contributed by atoms with Gasteiger partial charge in [0.2, 0.25) is 0 Å². The van der Waals surface area contributed by atoms with Gasteiger partial charge >= 0.3 is 0 Å². The van der Waals surface area contributed by atoms with Crippen molar-refractivity contribution in [3.63, 3.8) is 0 Å². The van der Waals surface area contributed by atoms with E-state index in [-0.39, 0.29) is 0 Å². The molecule has 0 saturated heterocycles. The van der Waals surface area contributed by atoms with E-state index < -0.39 is 0 Å². The molecule has 1 heterocycles. The van der Waals surface area contributed by atoms with Gasteiger partial charge in [0.15, 0.2) is 0 Å². The summed E-state index contributed by atoms with van der Waals surface area (Å²) in [5.74, 6) is 5.09. The normalized spacial score (nSPS) is 40.4. The van der Waals surface area contributed by atoms with Crippen molar-refractivity contribution >= 4 is 0 Å². The van der Waals surface area contributed by atoms with E-state index in [1.807, 2.05) is 11.7 Å². The van der Waals surface area contributed by atoms with Gasteiger partial charge in [-0.15, -0.1) is 0 Å². The summed E-state index contributed by atoms with van der Waals surface area (Å²) in [7, 11) is 2.03. The molecular weight excluding hydrogens is 234 g/mol. The first-order valence-corrected chi connectivity index (χ1v) is 8.01. The summed E-state index contributed by atoms with van der Waals surface area (Å²) in [5, 5.41) is 8.19. The van der Waals surface area contributed by atoms with Crippen molar-refractivity contribution in [2.24, 2.45) is 36.6 Å². The van der Waals surface area contributed by atoms with Gasteiger partial charge in [0, 0.05) is 24.8 Å². The third kappa shape index (κ3) is 1.78. The van der Waals surface area contributed by atoms with Crippen LogP contribution in [0.4, 0.5) is 0 Å². The Hall–Kier alpha value is -0.830. The van der Waals surface area contributed by atoms with E-state index in [2.05, 4.69) is 29.7 Å². The summed E-state index contributed by atoms with van der Waals surface area (Å²) in [6.07, 6.45) is 10.1. The zero-order valence-electron chi connectivity index (χ0n) is 12.0. The van der Waals surface area contributed by atoms with Gasteiger partial charge in [-0.3, -0.25) is 4.68 Å². The highest BCUT2D eigenvalue weighted by Crippen LogP contribution is 2.72. The largest absolute Gasteiger partial charge is 0.310 e. The zero-order valence-corrected chi connectivity index (χ0v) is 12.0. The van der Waals surface area contributed by atoms with E-state index in [0.717, 1.165) is 36.1 Å². The molecule has 3 heteroatoms. The second-order valence-corrected chi connectivity index (χ2v) is 6.94. The van der Waals surface area contributed by atoms with Crippen LogP contribution >= 0.6 is 0 Å². The maximum atomic E-state index is 4.38. The van der Waals surface area contributed by atoms with Crippen LogP contribution < -0.4 is 5.32 Å². The Morgan fingerprint density at radius 3 is 2.68 bits per heavy atom. The van der Waals surface area contributed by atoms with Crippen molar-refractivity contribution in [3.05, 3.63) is 18.0 Å². The lowest BCUT2D eigenvalue weighted by molar-refractivity contribution is 0.370. The summed E-state index contributed by atoms with van der Waals surface area (Å²) in [4.78, 5) is 0. The van der Waals surface area contributed by atoms with Crippen LogP contribution in [-0.4, -0.2) is 16.3 Å². The molecule has 3 aliphatic rings. The van der Waals surface area contributed by atoms with E-state index in [0.29, 0.717) is 6.04 Å². The summed E-state index contributed by atoms with van der Waals surface area (Å²) in [6, 6.07) is 0.562. The molecule has 19 heavy (non-hydrogen) atoms. The smallest absolute Gasteiger partial charge is 0.0537 e. The molecule has 3 aliphatic carbocycles. The Labute approximate surface area is 115 Å². The Morgan fingerprint density at radius 2 is 2.11 bits per heavy atom. The quantitative estimate of drug-likeness (QED) is 0.881. The van der Waals surface area contributed by atoms with Gasteiger partial charge in [0.05, 0.1) is 6.20 Å². The van der Waals surface area contributed by atoms with Crippen LogP contribution in [-0.2, 0) is 7.05 Å². The Bertz CT molecular complexity index is 450. The molecule has 0 spiro atoms. The molecule has 0 aliphatic heterocycles. The molecule has 1 aromatic rings. The molecule has 0 amide bonds. The third-order valence-corrected chi connectivity index (χ3v) is 5.88. The van der Waals surface area contributed by atoms with Crippen molar-refractivity contribution in [3.8, 4) is 0 Å². The first kappa shape index (κ1) is 12.0. The van der Waals surface area contributed by atoms with E-state index in [1.165, 1.54) is 24.8 Å². The predicted octanol–water partition coefficient (Wildman–Crippen LogP) is 2.75. The number of aromatic nitrogens is 2. The minimum atomic E-state index is 0.562. The van der Waals surface area contributed by atoms with Crippen molar-refractivity contribution in [1.29, 1.82) is 0 Å². The average molecular weight is 259 g/mol. The topological polar surface area (TPSA) is 29.9 Å². The second kappa shape index (κ2) is 4.34. The standard InChI is InChI=1S/C16H25N3/c1-3-6-17-16(12-8-18-19(2)9-12)15-13-10-4-5-11(7-10)14(13)15/h8-11,13-17H,3-7H2,1-2H3. The molecule has 4 rings (SSSR count). The number of hydrogen-bond donors (Lipinski definition) is 1. The van der Waals surface area contributed by atoms with Gasteiger partial charge in [-0.1, -0.05) is 6.92 Å². The fraction of sp³-hybridized carbons (Fsp3) is 0.812. The molecule has 0 aromatic carbocycles. The summed E-state index contributed by atoms with van der Waals surface area (Å²) >= 11 is 0. The number of aryl methyl sites for hydroxylation is 1. The van der Waals surface area contributed by atoms with Crippen molar-refractivity contribution in [2.75, 3.05) is 6.54 Å². The van der Waals surface area contributed by atoms with E-state index in [9.17, 15) is 0 Å². The summed E-state index contributed by atoms with van der Waals surface area (Å²) in [6.45, 7) is 3.38. The Kier molecular flexibility index (Phi) is 2.73. The van der Waals surface area contributed by atoms with Crippen LogP contribution in [0.2, 0.25) is 0 Å². The fourth-order valence-electron chi connectivity index (χ4n) is 5.22. The number of nitrogens with zero attached hydrogens (tertiary/aromatic N) is 2. The fourth-order valence-corrected chi connectivity index (χ4v) is 5.22. The van der Waals surface area contributed by atoms with Gasteiger partial charge < -0.3 is 5.32 Å². The van der Waals surface area contributed by atoms with Crippen LogP contribution in [0.5, 0.6) is 0 Å². The lowest BCUT2D eigenvalue weighted by atomic mass is 9.94. The molecule has 5 unspecified atom stereocenters. The highest BCUT2D eigenvalue weighted by atomic mass is 15.2. The lowest BCUT2D eigenvalue weighted by Gasteiger charge is -2.20. The van der Waals surface area contributed by atoms with E-state index >= 15 is 0 Å². The second-order valence-electron chi connectivity index (χ2n) is 6.94. The van der Waals surface area contributed by atoms with Crippen molar-refractivity contribution < 1.29 is 0 Å². The number of rotatable bonds is 5. The van der Waals surface area contributed by atoms with Crippen LogP contribution in [0.15, 0.2) is 12.4 Å². The molecule has 104 valence electrons. The van der Waals surface area contributed by atoms with Crippen molar-refractivity contribution in [2.45, 2.75) is 38.6 Å². The minimum absolute atomic E-state index is 0.562. The molecule has 0 radical (unpaired) electrons. The Balaban J connectivity index is 1.55. The van der Waals surface area contributed by atoms with Crippen LogP contribution in [0.1, 0.15) is 44.2 Å². The zero-order chi connectivity index (χ0) is 13.0. The highest BCUT2D eigenvalue weighted by Gasteiger charge is 2.66. The molecule has 5 atom stereocenters. The first-order chi connectivity index (χ1) is 9.29. The van der Waals surface area contributed by atoms with Crippen LogP contribution in [0.25, 0.3) is 0 Å². The highest BCUT2D eigenvalue weighted by molar-refractivity contribution is 5.22. The maximum absolute atomic E-state index is 4.38. The molecule has 1 aromatic heterocycles. The monoisotopic (exact) mass is 259 g/mol. The molecule has 1 N–H and O–H groups in total. The third-order valence-electron chi connectivity index (χ3n) is 5.88. The van der Waals surface area contributed by atoms with Gasteiger partial charge in [-0.2, -0.15) is 5.10 Å².